The number of rotatable bonds is 2. The van der Waals surface area contributed by atoms with Crippen molar-refractivity contribution in [3.05, 3.63) is 44.6 Å². The maximum absolute atomic E-state index is 14.0. The Balaban J connectivity index is 2.24. The van der Waals surface area contributed by atoms with E-state index in [2.05, 4.69) is 5.16 Å². The molecule has 3 nitrogen and oxygen atoms in total. The first-order valence-corrected chi connectivity index (χ1v) is 7.20. The van der Waals surface area contributed by atoms with E-state index in [9.17, 15) is 8.78 Å². The lowest BCUT2D eigenvalue weighted by Gasteiger charge is -2.03. The number of anilines is 1. The van der Waals surface area contributed by atoms with Gasteiger partial charge in [0, 0.05) is 11.6 Å². The average Bonchev–Trinajstić information content (AvgIpc) is 2.93. The zero-order chi connectivity index (χ0) is 15.1. The molecule has 0 atom stereocenters. The summed E-state index contributed by atoms with van der Waals surface area (Å²) < 4.78 is 33.0. The molecule has 0 saturated heterocycles. The molecule has 0 aliphatic heterocycles. The Kier molecular flexibility index (Phi) is 3.61. The third-order valence-corrected chi connectivity index (χ3v) is 4.31. The van der Waals surface area contributed by atoms with Crippen LogP contribution in [0, 0.1) is 11.6 Å². The summed E-state index contributed by atoms with van der Waals surface area (Å²) in [6, 6.07) is 4.71. The van der Waals surface area contributed by atoms with E-state index in [0.29, 0.717) is 14.2 Å². The molecule has 0 saturated carbocycles. The topological polar surface area (TPSA) is 52.0 Å². The van der Waals surface area contributed by atoms with Crippen molar-refractivity contribution in [2.24, 2.45) is 0 Å². The molecule has 2 aromatic heterocycles. The molecule has 8 heteroatoms. The summed E-state index contributed by atoms with van der Waals surface area (Å²) in [5.41, 5.74) is 6.47. The van der Waals surface area contributed by atoms with Gasteiger partial charge >= 0.3 is 0 Å². The molecule has 0 amide bonds. The van der Waals surface area contributed by atoms with E-state index in [1.165, 1.54) is 6.07 Å². The highest BCUT2D eigenvalue weighted by molar-refractivity contribution is 7.20. The van der Waals surface area contributed by atoms with Gasteiger partial charge in [-0.3, -0.25) is 0 Å². The first-order valence-electron chi connectivity index (χ1n) is 5.63. The molecule has 0 unspecified atom stereocenters. The Morgan fingerprint density at radius 1 is 1.14 bits per heavy atom. The fourth-order valence-corrected chi connectivity index (χ4v) is 3.39. The van der Waals surface area contributed by atoms with Crippen LogP contribution < -0.4 is 5.73 Å². The summed E-state index contributed by atoms with van der Waals surface area (Å²) in [5.74, 6) is -1.30. The molecule has 0 aliphatic carbocycles. The van der Waals surface area contributed by atoms with Crippen molar-refractivity contribution in [1.29, 1.82) is 0 Å². The second-order valence-corrected chi connectivity index (χ2v) is 6.42. The number of thiophene rings is 1. The largest absolute Gasteiger partial charge is 0.380 e. The first kappa shape index (κ1) is 14.3. The minimum atomic E-state index is -0.774. The third kappa shape index (κ3) is 2.50. The maximum Gasteiger partial charge on any atom is 0.179 e. The molecule has 0 fully saturated rings. The SMILES string of the molecule is Nc1noc(-c2cc(Cl)sc2Cl)c1-c1ccc(F)cc1F. The van der Waals surface area contributed by atoms with E-state index in [1.54, 1.807) is 6.07 Å². The molecular weight excluding hydrogens is 341 g/mol. The molecule has 2 N–H and O–H groups in total. The van der Waals surface area contributed by atoms with Gasteiger partial charge < -0.3 is 10.3 Å². The Morgan fingerprint density at radius 3 is 2.52 bits per heavy atom. The van der Waals surface area contributed by atoms with Gasteiger partial charge in [-0.2, -0.15) is 0 Å². The standard InChI is InChI=1S/C13H6Cl2F2N2OS/c14-9-4-7(12(15)21-9)11-10(13(18)19-20-11)6-2-1-5(16)3-8(6)17/h1-4H,(H2,18,19). The molecule has 3 rings (SSSR count). The van der Waals surface area contributed by atoms with Crippen LogP contribution in [0.2, 0.25) is 8.67 Å². The average molecular weight is 347 g/mol. The highest BCUT2D eigenvalue weighted by Crippen LogP contribution is 2.44. The van der Waals surface area contributed by atoms with Crippen molar-refractivity contribution in [2.45, 2.75) is 0 Å². The number of hydrogen-bond donors (Lipinski definition) is 1. The number of nitrogens with zero attached hydrogens (tertiary/aromatic N) is 1. The van der Waals surface area contributed by atoms with E-state index in [1.807, 2.05) is 0 Å². The molecule has 0 aliphatic rings. The summed E-state index contributed by atoms with van der Waals surface area (Å²) in [5, 5.41) is 3.63. The number of hydrogen-bond acceptors (Lipinski definition) is 4. The zero-order valence-electron chi connectivity index (χ0n) is 10.2. The minimum absolute atomic E-state index is 0.0195. The second kappa shape index (κ2) is 5.29. The van der Waals surface area contributed by atoms with E-state index in [-0.39, 0.29) is 22.7 Å². The van der Waals surface area contributed by atoms with Crippen LogP contribution in [0.4, 0.5) is 14.6 Å². The highest BCUT2D eigenvalue weighted by Gasteiger charge is 2.23. The zero-order valence-corrected chi connectivity index (χ0v) is 12.5. The fourth-order valence-electron chi connectivity index (χ4n) is 1.93. The van der Waals surface area contributed by atoms with Crippen molar-refractivity contribution in [2.75, 3.05) is 5.73 Å². The van der Waals surface area contributed by atoms with Gasteiger partial charge in [0.1, 0.15) is 16.0 Å². The van der Waals surface area contributed by atoms with Gasteiger partial charge in [0.05, 0.1) is 15.5 Å². The summed E-state index contributed by atoms with van der Waals surface area (Å²) in [6.45, 7) is 0. The molecule has 0 bridgehead atoms. The summed E-state index contributed by atoms with van der Waals surface area (Å²) in [7, 11) is 0. The smallest absolute Gasteiger partial charge is 0.179 e. The highest BCUT2D eigenvalue weighted by atomic mass is 35.5. The Morgan fingerprint density at radius 2 is 1.90 bits per heavy atom. The minimum Gasteiger partial charge on any atom is -0.380 e. The number of aromatic nitrogens is 1. The maximum atomic E-state index is 14.0. The summed E-state index contributed by atoms with van der Waals surface area (Å²) in [6.07, 6.45) is 0. The second-order valence-electron chi connectivity index (χ2n) is 4.13. The Labute approximate surface area is 131 Å². The summed E-state index contributed by atoms with van der Waals surface area (Å²) in [4.78, 5) is 0. The van der Waals surface area contributed by atoms with Crippen LogP contribution in [0.1, 0.15) is 0 Å². The van der Waals surface area contributed by atoms with Crippen LogP contribution in [-0.2, 0) is 0 Å². The molecule has 0 spiro atoms. The van der Waals surface area contributed by atoms with Crippen molar-refractivity contribution < 1.29 is 13.3 Å². The van der Waals surface area contributed by atoms with Crippen LogP contribution >= 0.6 is 34.5 Å². The predicted octanol–water partition coefficient (Wildman–Crippen LogP) is 5.24. The van der Waals surface area contributed by atoms with Crippen molar-refractivity contribution in [3.63, 3.8) is 0 Å². The van der Waals surface area contributed by atoms with Crippen LogP contribution in [0.5, 0.6) is 0 Å². The Bertz CT molecular complexity index is 832. The van der Waals surface area contributed by atoms with E-state index in [4.69, 9.17) is 33.5 Å². The van der Waals surface area contributed by atoms with E-state index >= 15 is 0 Å². The first-order chi connectivity index (χ1) is 9.97. The van der Waals surface area contributed by atoms with Crippen molar-refractivity contribution in [3.8, 4) is 22.5 Å². The van der Waals surface area contributed by atoms with Crippen LogP contribution in [0.25, 0.3) is 22.5 Å². The third-order valence-electron chi connectivity index (χ3n) is 2.82. The lowest BCUT2D eigenvalue weighted by Crippen LogP contribution is -1.92. The van der Waals surface area contributed by atoms with Gasteiger partial charge in [-0.25, -0.2) is 8.78 Å². The van der Waals surface area contributed by atoms with Gasteiger partial charge in [-0.1, -0.05) is 28.4 Å². The number of nitrogens with two attached hydrogens (primary N) is 1. The lowest BCUT2D eigenvalue weighted by atomic mass is 10.0. The monoisotopic (exact) mass is 346 g/mol. The van der Waals surface area contributed by atoms with Gasteiger partial charge in [-0.15, -0.1) is 11.3 Å². The quantitative estimate of drug-likeness (QED) is 0.690. The van der Waals surface area contributed by atoms with Gasteiger partial charge in [0.15, 0.2) is 11.6 Å². The molecule has 0 radical (unpaired) electrons. The molecule has 2 heterocycles. The van der Waals surface area contributed by atoms with Gasteiger partial charge in [-0.05, 0) is 18.2 Å². The number of nitrogen functional groups attached to an aromatic ring is 1. The predicted molar refractivity (Wildman–Crippen MR) is 79.6 cm³/mol. The normalized spacial score (nSPS) is 11.0. The van der Waals surface area contributed by atoms with Gasteiger partial charge in [0.25, 0.3) is 0 Å². The van der Waals surface area contributed by atoms with Crippen molar-refractivity contribution in [1.82, 2.24) is 5.16 Å². The number of halogens is 4. The van der Waals surface area contributed by atoms with Crippen LogP contribution in [0.3, 0.4) is 0 Å². The van der Waals surface area contributed by atoms with Gasteiger partial charge in [0.2, 0.25) is 0 Å². The van der Waals surface area contributed by atoms with Crippen molar-refractivity contribution >= 4 is 40.4 Å². The van der Waals surface area contributed by atoms with E-state index < -0.39 is 11.6 Å². The fraction of sp³-hybridized carbons (Fsp3) is 0. The molecule has 21 heavy (non-hydrogen) atoms. The van der Waals surface area contributed by atoms with Crippen LogP contribution in [-0.4, -0.2) is 5.16 Å². The van der Waals surface area contributed by atoms with E-state index in [0.717, 1.165) is 23.5 Å². The number of benzene rings is 1. The van der Waals surface area contributed by atoms with Crippen LogP contribution in [0.15, 0.2) is 28.8 Å². The molecular formula is C13H6Cl2F2N2OS. The lowest BCUT2D eigenvalue weighted by molar-refractivity contribution is 0.436. The summed E-state index contributed by atoms with van der Waals surface area (Å²) >= 11 is 13.1. The molecule has 108 valence electrons. The molecule has 3 aromatic rings. The molecule has 1 aromatic carbocycles. The Hall–Kier alpha value is -1.63.